The molecule has 0 bridgehead atoms. The lowest BCUT2D eigenvalue weighted by Gasteiger charge is -2.31. The van der Waals surface area contributed by atoms with Crippen LogP contribution in [-0.4, -0.2) is 42.0 Å². The van der Waals surface area contributed by atoms with Gasteiger partial charge in [0.15, 0.2) is 0 Å². The lowest BCUT2D eigenvalue weighted by Crippen LogP contribution is -2.42. The van der Waals surface area contributed by atoms with Gasteiger partial charge in [-0.05, 0) is 33.1 Å². The maximum absolute atomic E-state index is 12.0. The first-order chi connectivity index (χ1) is 7.46. The Morgan fingerprint density at radius 3 is 2.44 bits per heavy atom. The minimum atomic E-state index is -0.465. The molecule has 1 heterocycles. The van der Waals surface area contributed by atoms with Gasteiger partial charge in [-0.3, -0.25) is 4.79 Å². The van der Waals surface area contributed by atoms with Gasteiger partial charge in [-0.15, -0.1) is 11.6 Å². The van der Waals surface area contributed by atoms with Gasteiger partial charge < -0.3 is 9.64 Å². The maximum atomic E-state index is 12.0. The number of hydrogen-bond donors (Lipinski definition) is 0. The summed E-state index contributed by atoms with van der Waals surface area (Å²) in [4.78, 5) is 13.9. The third kappa shape index (κ3) is 3.95. The first-order valence-electron chi connectivity index (χ1n) is 5.94. The lowest BCUT2D eigenvalue weighted by molar-refractivity contribution is -0.133. The summed E-state index contributed by atoms with van der Waals surface area (Å²) < 4.78 is 5.29. The molecule has 0 radical (unpaired) electrons. The number of halogens is 1. The molecule has 1 fully saturated rings. The van der Waals surface area contributed by atoms with Crippen molar-refractivity contribution < 1.29 is 9.53 Å². The maximum Gasteiger partial charge on any atom is 0.240 e. The molecular weight excluding hydrogens is 226 g/mol. The zero-order chi connectivity index (χ0) is 12.2. The number of carbonyl (C=O) groups is 1. The second kappa shape index (κ2) is 5.87. The van der Waals surface area contributed by atoms with E-state index in [0.717, 1.165) is 25.9 Å². The molecule has 0 saturated carbocycles. The van der Waals surface area contributed by atoms with Crippen LogP contribution in [0.15, 0.2) is 0 Å². The molecule has 0 N–H and O–H groups in total. The van der Waals surface area contributed by atoms with E-state index in [4.69, 9.17) is 16.3 Å². The van der Waals surface area contributed by atoms with Gasteiger partial charge in [0, 0.05) is 26.6 Å². The standard InChI is InChI=1S/C12H22ClNO2/c1-12(2,16-3)9-10(13)11(15)14-7-5-4-6-8-14/h10H,4-9H2,1-3H3. The van der Waals surface area contributed by atoms with Gasteiger partial charge >= 0.3 is 0 Å². The first kappa shape index (κ1) is 13.8. The van der Waals surface area contributed by atoms with Gasteiger partial charge in [0.2, 0.25) is 5.91 Å². The summed E-state index contributed by atoms with van der Waals surface area (Å²) in [6, 6.07) is 0. The monoisotopic (exact) mass is 247 g/mol. The van der Waals surface area contributed by atoms with Crippen molar-refractivity contribution in [1.82, 2.24) is 4.90 Å². The van der Waals surface area contributed by atoms with Crippen LogP contribution in [0.2, 0.25) is 0 Å². The Hall–Kier alpha value is -0.280. The minimum Gasteiger partial charge on any atom is -0.379 e. The predicted octanol–water partition coefficient (Wildman–Crippen LogP) is 2.42. The minimum absolute atomic E-state index is 0.0616. The molecule has 0 aromatic heterocycles. The molecule has 1 saturated heterocycles. The lowest BCUT2D eigenvalue weighted by atomic mass is 10.0. The van der Waals surface area contributed by atoms with Crippen LogP contribution in [0.25, 0.3) is 0 Å². The van der Waals surface area contributed by atoms with Gasteiger partial charge in [-0.1, -0.05) is 0 Å². The topological polar surface area (TPSA) is 29.5 Å². The fourth-order valence-corrected chi connectivity index (χ4v) is 2.42. The first-order valence-corrected chi connectivity index (χ1v) is 6.38. The fourth-order valence-electron chi connectivity index (χ4n) is 1.91. The van der Waals surface area contributed by atoms with Crippen LogP contribution in [0.5, 0.6) is 0 Å². The molecule has 0 spiro atoms. The third-order valence-electron chi connectivity index (χ3n) is 3.16. The van der Waals surface area contributed by atoms with Crippen LogP contribution >= 0.6 is 11.6 Å². The molecule has 1 aliphatic rings. The highest BCUT2D eigenvalue weighted by atomic mass is 35.5. The quantitative estimate of drug-likeness (QED) is 0.714. The van der Waals surface area contributed by atoms with Gasteiger partial charge in [-0.25, -0.2) is 0 Å². The number of rotatable bonds is 4. The molecule has 1 unspecified atom stereocenters. The van der Waals surface area contributed by atoms with Crippen LogP contribution in [0, 0.1) is 0 Å². The van der Waals surface area contributed by atoms with Crippen molar-refractivity contribution >= 4 is 17.5 Å². The Morgan fingerprint density at radius 2 is 1.94 bits per heavy atom. The third-order valence-corrected chi connectivity index (χ3v) is 3.50. The number of carbonyl (C=O) groups excluding carboxylic acids is 1. The van der Waals surface area contributed by atoms with E-state index in [1.807, 2.05) is 18.7 Å². The Labute approximate surface area is 103 Å². The van der Waals surface area contributed by atoms with Crippen LogP contribution in [-0.2, 0) is 9.53 Å². The number of ether oxygens (including phenoxy) is 1. The van der Waals surface area contributed by atoms with Crippen LogP contribution in [0.1, 0.15) is 39.5 Å². The summed E-state index contributed by atoms with van der Waals surface area (Å²) in [6.45, 7) is 5.61. The highest BCUT2D eigenvalue weighted by Crippen LogP contribution is 2.22. The molecule has 0 aromatic rings. The summed E-state index contributed by atoms with van der Waals surface area (Å²) in [5, 5.41) is -0.465. The average Bonchev–Trinajstić information content (AvgIpc) is 2.28. The molecule has 94 valence electrons. The van der Waals surface area contributed by atoms with E-state index < -0.39 is 5.38 Å². The zero-order valence-electron chi connectivity index (χ0n) is 10.5. The second-order valence-corrected chi connectivity index (χ2v) is 5.55. The molecule has 0 aromatic carbocycles. The summed E-state index contributed by atoms with van der Waals surface area (Å²) in [5.74, 6) is 0.0616. The van der Waals surface area contributed by atoms with Crippen LogP contribution in [0.4, 0.5) is 0 Å². The molecule has 0 aliphatic carbocycles. The average molecular weight is 248 g/mol. The molecular formula is C12H22ClNO2. The smallest absolute Gasteiger partial charge is 0.240 e. The van der Waals surface area contributed by atoms with E-state index >= 15 is 0 Å². The van der Waals surface area contributed by atoms with Crippen LogP contribution < -0.4 is 0 Å². The molecule has 3 nitrogen and oxygen atoms in total. The van der Waals surface area contributed by atoms with Crippen LogP contribution in [0.3, 0.4) is 0 Å². The highest BCUT2D eigenvalue weighted by Gasteiger charge is 2.29. The molecule has 1 amide bonds. The summed E-state index contributed by atoms with van der Waals surface area (Å²) in [5.41, 5.74) is -0.335. The molecule has 1 rings (SSSR count). The molecule has 1 atom stereocenters. The molecule has 16 heavy (non-hydrogen) atoms. The second-order valence-electron chi connectivity index (χ2n) is 5.02. The van der Waals surface area contributed by atoms with Crippen molar-refractivity contribution in [3.05, 3.63) is 0 Å². The van der Waals surface area contributed by atoms with E-state index in [9.17, 15) is 4.79 Å². The summed E-state index contributed by atoms with van der Waals surface area (Å²) in [7, 11) is 1.65. The largest absolute Gasteiger partial charge is 0.379 e. The van der Waals surface area contributed by atoms with Crippen molar-refractivity contribution in [3.63, 3.8) is 0 Å². The number of piperidine rings is 1. The summed E-state index contributed by atoms with van der Waals surface area (Å²) in [6.07, 6.45) is 3.98. The highest BCUT2D eigenvalue weighted by molar-refractivity contribution is 6.30. The van der Waals surface area contributed by atoms with E-state index in [0.29, 0.717) is 6.42 Å². The van der Waals surface area contributed by atoms with Gasteiger partial charge in [0.25, 0.3) is 0 Å². The number of alkyl halides is 1. The fraction of sp³-hybridized carbons (Fsp3) is 0.917. The normalized spacial score (nSPS) is 19.6. The van der Waals surface area contributed by atoms with E-state index in [2.05, 4.69) is 0 Å². The summed E-state index contributed by atoms with van der Waals surface area (Å²) >= 11 is 6.16. The Kier molecular flexibility index (Phi) is 5.06. The number of likely N-dealkylation sites (tertiary alicyclic amines) is 1. The zero-order valence-corrected chi connectivity index (χ0v) is 11.2. The van der Waals surface area contributed by atoms with Gasteiger partial charge in [0.1, 0.15) is 5.38 Å². The van der Waals surface area contributed by atoms with Gasteiger partial charge in [0.05, 0.1) is 5.60 Å². The van der Waals surface area contributed by atoms with Crippen molar-refractivity contribution in [2.45, 2.75) is 50.5 Å². The van der Waals surface area contributed by atoms with Crippen molar-refractivity contribution in [2.75, 3.05) is 20.2 Å². The van der Waals surface area contributed by atoms with E-state index in [-0.39, 0.29) is 11.5 Å². The van der Waals surface area contributed by atoms with Crippen molar-refractivity contribution in [1.29, 1.82) is 0 Å². The number of amides is 1. The van der Waals surface area contributed by atoms with E-state index in [1.165, 1.54) is 6.42 Å². The number of methoxy groups -OCH3 is 1. The van der Waals surface area contributed by atoms with Gasteiger partial charge in [-0.2, -0.15) is 0 Å². The number of hydrogen-bond acceptors (Lipinski definition) is 2. The SMILES string of the molecule is COC(C)(C)CC(Cl)C(=O)N1CCCCC1. The Balaban J connectivity index is 2.46. The number of nitrogens with zero attached hydrogens (tertiary/aromatic N) is 1. The molecule has 1 aliphatic heterocycles. The van der Waals surface area contributed by atoms with Crippen molar-refractivity contribution in [2.24, 2.45) is 0 Å². The molecule has 4 heteroatoms. The Bertz CT molecular complexity index is 237. The predicted molar refractivity (Wildman–Crippen MR) is 65.8 cm³/mol. The van der Waals surface area contributed by atoms with Crippen molar-refractivity contribution in [3.8, 4) is 0 Å². The Morgan fingerprint density at radius 1 is 1.38 bits per heavy atom. The van der Waals surface area contributed by atoms with E-state index in [1.54, 1.807) is 7.11 Å².